The summed E-state index contributed by atoms with van der Waals surface area (Å²) in [7, 11) is 0. The molecule has 0 aliphatic heterocycles. The topological polar surface area (TPSA) is 37.3 Å². The van der Waals surface area contributed by atoms with Crippen molar-refractivity contribution in [1.29, 1.82) is 0 Å². The summed E-state index contributed by atoms with van der Waals surface area (Å²) in [4.78, 5) is 12.4. The molecule has 0 aliphatic carbocycles. The summed E-state index contributed by atoms with van der Waals surface area (Å²) in [6, 6.07) is 17.7. The molecule has 0 radical (unpaired) electrons. The van der Waals surface area contributed by atoms with Crippen molar-refractivity contribution in [2.45, 2.75) is 42.2 Å². The van der Waals surface area contributed by atoms with E-state index in [4.69, 9.17) is 11.6 Å². The van der Waals surface area contributed by atoms with Gasteiger partial charge < -0.3 is 5.11 Å². The van der Waals surface area contributed by atoms with Crippen molar-refractivity contribution in [2.24, 2.45) is 0 Å². The van der Waals surface area contributed by atoms with Gasteiger partial charge in [0.2, 0.25) is 0 Å². The molecular weight excluding hydrogens is 328 g/mol. The monoisotopic (exact) mass is 348 g/mol. The zero-order chi connectivity index (χ0) is 16.5. The second-order valence-electron chi connectivity index (χ2n) is 5.48. The lowest BCUT2D eigenvalue weighted by atomic mass is 10.1. The van der Waals surface area contributed by atoms with Gasteiger partial charge >= 0.3 is 5.97 Å². The van der Waals surface area contributed by atoms with Crippen molar-refractivity contribution < 1.29 is 9.90 Å². The van der Waals surface area contributed by atoms with Gasteiger partial charge in [0.05, 0.1) is 0 Å². The van der Waals surface area contributed by atoms with Gasteiger partial charge in [0.1, 0.15) is 5.25 Å². The highest BCUT2D eigenvalue weighted by molar-refractivity contribution is 8.00. The number of carboxylic acid groups (broad SMARTS) is 1. The Morgan fingerprint density at radius 1 is 1.00 bits per heavy atom. The van der Waals surface area contributed by atoms with Crippen molar-refractivity contribution in [2.75, 3.05) is 0 Å². The van der Waals surface area contributed by atoms with Crippen molar-refractivity contribution in [3.63, 3.8) is 0 Å². The van der Waals surface area contributed by atoms with Gasteiger partial charge in [-0.15, -0.1) is 11.8 Å². The number of benzene rings is 2. The molecule has 2 nitrogen and oxygen atoms in total. The fraction of sp³-hybridized carbons (Fsp3) is 0.316. The summed E-state index contributed by atoms with van der Waals surface area (Å²) in [6.07, 6.45) is 4.84. The number of aliphatic carboxylic acids is 1. The molecule has 0 bridgehead atoms. The van der Waals surface area contributed by atoms with Crippen LogP contribution in [0.15, 0.2) is 59.5 Å². The van der Waals surface area contributed by atoms with E-state index >= 15 is 0 Å². The lowest BCUT2D eigenvalue weighted by molar-refractivity contribution is -0.136. The SMILES string of the molecule is O=C(O)C(CCCCCc1ccccc1)Sc1ccc(Cl)cc1. The number of rotatable bonds is 9. The molecule has 2 aromatic rings. The maximum Gasteiger partial charge on any atom is 0.316 e. The molecule has 0 aromatic heterocycles. The van der Waals surface area contributed by atoms with Gasteiger partial charge in [-0.1, -0.05) is 54.8 Å². The van der Waals surface area contributed by atoms with E-state index in [1.807, 2.05) is 18.2 Å². The smallest absolute Gasteiger partial charge is 0.316 e. The lowest BCUT2D eigenvalue weighted by Crippen LogP contribution is -2.16. The molecular formula is C19H21ClO2S. The summed E-state index contributed by atoms with van der Waals surface area (Å²) in [6.45, 7) is 0. The fourth-order valence-corrected chi connectivity index (χ4v) is 3.52. The molecule has 0 heterocycles. The average molecular weight is 349 g/mol. The molecule has 0 saturated heterocycles. The largest absolute Gasteiger partial charge is 0.480 e. The number of thioether (sulfide) groups is 1. The van der Waals surface area contributed by atoms with Crippen LogP contribution in [0.4, 0.5) is 0 Å². The fourth-order valence-electron chi connectivity index (χ4n) is 2.39. The summed E-state index contributed by atoms with van der Waals surface area (Å²) in [5, 5.41) is 9.65. The maximum atomic E-state index is 11.4. The van der Waals surface area contributed by atoms with Gasteiger partial charge in [-0.25, -0.2) is 0 Å². The minimum atomic E-state index is -0.743. The molecule has 0 saturated carbocycles. The lowest BCUT2D eigenvalue weighted by Gasteiger charge is -2.12. The Balaban J connectivity index is 1.72. The van der Waals surface area contributed by atoms with Crippen LogP contribution in [-0.2, 0) is 11.2 Å². The van der Waals surface area contributed by atoms with Crippen molar-refractivity contribution in [1.82, 2.24) is 0 Å². The highest BCUT2D eigenvalue weighted by Crippen LogP contribution is 2.28. The highest BCUT2D eigenvalue weighted by atomic mass is 35.5. The zero-order valence-corrected chi connectivity index (χ0v) is 14.5. The number of halogens is 1. The summed E-state index contributed by atoms with van der Waals surface area (Å²) < 4.78 is 0. The van der Waals surface area contributed by atoms with Crippen LogP contribution in [0.1, 0.15) is 31.2 Å². The molecule has 0 spiro atoms. The number of hydrogen-bond donors (Lipinski definition) is 1. The normalized spacial score (nSPS) is 12.0. The number of carbonyl (C=O) groups is 1. The third-order valence-corrected chi connectivity index (χ3v) is 5.16. The van der Waals surface area contributed by atoms with E-state index in [9.17, 15) is 9.90 Å². The minimum absolute atomic E-state index is 0.395. The Bertz CT molecular complexity index is 599. The molecule has 4 heteroatoms. The molecule has 23 heavy (non-hydrogen) atoms. The Hall–Kier alpha value is -1.45. The molecule has 2 rings (SSSR count). The Morgan fingerprint density at radius 2 is 1.70 bits per heavy atom. The highest BCUT2D eigenvalue weighted by Gasteiger charge is 2.18. The number of hydrogen-bond acceptors (Lipinski definition) is 2. The Kier molecular flexibility index (Phi) is 7.50. The molecule has 1 atom stereocenters. The molecule has 2 aromatic carbocycles. The summed E-state index contributed by atoms with van der Waals surface area (Å²) in [5.74, 6) is -0.743. The van der Waals surface area contributed by atoms with Crippen LogP contribution >= 0.6 is 23.4 Å². The molecule has 0 fully saturated rings. The van der Waals surface area contributed by atoms with E-state index in [-0.39, 0.29) is 0 Å². The van der Waals surface area contributed by atoms with Crippen LogP contribution in [0.25, 0.3) is 0 Å². The van der Waals surface area contributed by atoms with E-state index < -0.39 is 11.2 Å². The zero-order valence-electron chi connectivity index (χ0n) is 13.0. The maximum absolute atomic E-state index is 11.4. The van der Waals surface area contributed by atoms with Crippen molar-refractivity contribution in [3.05, 3.63) is 65.2 Å². The standard InChI is InChI=1S/C19H21ClO2S/c20-16-11-13-17(14-12-16)23-18(19(21)22)10-6-2-5-9-15-7-3-1-4-8-15/h1,3-4,7-8,11-14,18H,2,5-6,9-10H2,(H,21,22). The van der Waals surface area contributed by atoms with Gasteiger partial charge in [0.15, 0.2) is 0 Å². The van der Waals surface area contributed by atoms with Gasteiger partial charge in [-0.05, 0) is 49.1 Å². The number of unbranched alkanes of at least 4 members (excludes halogenated alkanes) is 2. The van der Waals surface area contributed by atoms with Crippen LogP contribution < -0.4 is 0 Å². The Morgan fingerprint density at radius 3 is 2.35 bits per heavy atom. The molecule has 0 aliphatic rings. The average Bonchev–Trinajstić information content (AvgIpc) is 2.56. The van der Waals surface area contributed by atoms with Crippen molar-refractivity contribution >= 4 is 29.3 Å². The number of aryl methyl sites for hydroxylation is 1. The van der Waals surface area contributed by atoms with Gasteiger partial charge in [0.25, 0.3) is 0 Å². The van der Waals surface area contributed by atoms with E-state index in [1.165, 1.54) is 17.3 Å². The second kappa shape index (κ2) is 9.64. The summed E-state index contributed by atoms with van der Waals surface area (Å²) >= 11 is 7.26. The second-order valence-corrected chi connectivity index (χ2v) is 7.20. The van der Waals surface area contributed by atoms with E-state index in [2.05, 4.69) is 24.3 Å². The first kappa shape index (κ1) is 17.9. The van der Waals surface area contributed by atoms with Gasteiger partial charge in [-0.3, -0.25) is 4.79 Å². The minimum Gasteiger partial charge on any atom is -0.480 e. The molecule has 1 unspecified atom stereocenters. The van der Waals surface area contributed by atoms with Crippen LogP contribution in [0.3, 0.4) is 0 Å². The first-order valence-electron chi connectivity index (χ1n) is 7.84. The predicted molar refractivity (Wildman–Crippen MR) is 97.3 cm³/mol. The number of carboxylic acids is 1. The molecule has 0 amide bonds. The molecule has 122 valence electrons. The third kappa shape index (κ3) is 6.67. The van der Waals surface area contributed by atoms with Crippen LogP contribution in [-0.4, -0.2) is 16.3 Å². The third-order valence-electron chi connectivity index (χ3n) is 3.64. The van der Waals surface area contributed by atoms with E-state index in [1.54, 1.807) is 12.1 Å². The quantitative estimate of drug-likeness (QED) is 0.467. The first-order valence-corrected chi connectivity index (χ1v) is 9.10. The predicted octanol–water partition coefficient (Wildman–Crippen LogP) is 5.69. The van der Waals surface area contributed by atoms with Crippen LogP contribution in [0, 0.1) is 0 Å². The van der Waals surface area contributed by atoms with Gasteiger partial charge in [-0.2, -0.15) is 0 Å². The van der Waals surface area contributed by atoms with Crippen molar-refractivity contribution in [3.8, 4) is 0 Å². The van der Waals surface area contributed by atoms with Crippen LogP contribution in [0.5, 0.6) is 0 Å². The van der Waals surface area contributed by atoms with E-state index in [0.717, 1.165) is 30.6 Å². The Labute approximate surface area is 146 Å². The summed E-state index contributed by atoms with van der Waals surface area (Å²) in [5.41, 5.74) is 1.35. The van der Waals surface area contributed by atoms with Gasteiger partial charge in [0, 0.05) is 9.92 Å². The first-order chi connectivity index (χ1) is 11.1. The van der Waals surface area contributed by atoms with Crippen LogP contribution in [0.2, 0.25) is 5.02 Å². The molecule has 1 N–H and O–H groups in total. The van der Waals surface area contributed by atoms with E-state index in [0.29, 0.717) is 11.4 Å².